The number of amides is 2. The molecular weight excluding hydrogens is 502 g/mol. The molecule has 0 fully saturated rings. The number of halogens is 1. The van der Waals surface area contributed by atoms with Crippen LogP contribution in [-0.2, 0) is 9.59 Å². The number of aliphatic imine (C=N–C) groups is 1. The van der Waals surface area contributed by atoms with Crippen molar-refractivity contribution in [2.24, 2.45) is 16.5 Å². The summed E-state index contributed by atoms with van der Waals surface area (Å²) < 4.78 is 5.22. The molecule has 0 aliphatic carbocycles. The second-order valence-electron chi connectivity index (χ2n) is 8.77. The third-order valence-electron chi connectivity index (χ3n) is 6.08. The average molecular weight is 538 g/mol. The van der Waals surface area contributed by atoms with Crippen molar-refractivity contribution in [1.82, 2.24) is 10.6 Å². The van der Waals surface area contributed by atoms with Crippen LogP contribution in [0.4, 0.5) is 0 Å². The Balaban J connectivity index is 0.00000507. The molecule has 0 aromatic heterocycles. The molecule has 3 aromatic carbocycles. The van der Waals surface area contributed by atoms with Crippen LogP contribution in [-0.4, -0.2) is 37.5 Å². The SMILES string of the molecule is COc1ccc([C@@H](C)NC(=O)[C@@H](CCCN=C(N)N)NC(=O)C(c2ccccc2)c2ccccc2)cc1.Cl. The number of guanidine groups is 1. The highest BCUT2D eigenvalue weighted by molar-refractivity contribution is 5.92. The minimum Gasteiger partial charge on any atom is -0.497 e. The lowest BCUT2D eigenvalue weighted by Gasteiger charge is -2.25. The predicted octanol–water partition coefficient (Wildman–Crippen LogP) is 3.66. The first kappa shape index (κ1) is 30.2. The van der Waals surface area contributed by atoms with Gasteiger partial charge in [-0.3, -0.25) is 14.6 Å². The highest BCUT2D eigenvalue weighted by atomic mass is 35.5. The predicted molar refractivity (Wildman–Crippen MR) is 153 cm³/mol. The normalized spacial score (nSPS) is 12.0. The number of benzene rings is 3. The van der Waals surface area contributed by atoms with E-state index < -0.39 is 12.0 Å². The molecule has 0 aliphatic rings. The molecule has 38 heavy (non-hydrogen) atoms. The number of carbonyl (C=O) groups excluding carboxylic acids is 2. The Morgan fingerprint density at radius 3 is 1.87 bits per heavy atom. The van der Waals surface area contributed by atoms with Crippen molar-refractivity contribution in [2.45, 2.75) is 37.8 Å². The van der Waals surface area contributed by atoms with E-state index in [4.69, 9.17) is 16.2 Å². The van der Waals surface area contributed by atoms with Crippen LogP contribution in [0.15, 0.2) is 89.9 Å². The van der Waals surface area contributed by atoms with E-state index >= 15 is 0 Å². The molecule has 9 heteroatoms. The Morgan fingerprint density at radius 1 is 0.816 bits per heavy atom. The molecule has 0 spiro atoms. The van der Waals surface area contributed by atoms with E-state index in [1.54, 1.807) is 7.11 Å². The zero-order chi connectivity index (χ0) is 26.6. The number of nitrogens with zero attached hydrogens (tertiary/aromatic N) is 1. The molecule has 2 amide bonds. The van der Waals surface area contributed by atoms with Gasteiger partial charge in [-0.25, -0.2) is 0 Å². The maximum absolute atomic E-state index is 13.7. The second kappa shape index (κ2) is 15.3. The maximum atomic E-state index is 13.7. The van der Waals surface area contributed by atoms with Gasteiger partial charge in [0.15, 0.2) is 5.96 Å². The number of ether oxygens (including phenoxy) is 1. The van der Waals surface area contributed by atoms with Crippen LogP contribution in [0.1, 0.15) is 48.4 Å². The largest absolute Gasteiger partial charge is 0.497 e. The molecule has 3 rings (SSSR count). The summed E-state index contributed by atoms with van der Waals surface area (Å²) in [5.74, 6) is -0.362. The van der Waals surface area contributed by atoms with E-state index in [0.29, 0.717) is 19.4 Å². The van der Waals surface area contributed by atoms with Gasteiger partial charge in [0.2, 0.25) is 11.8 Å². The molecule has 6 N–H and O–H groups in total. The van der Waals surface area contributed by atoms with Crippen molar-refractivity contribution in [3.8, 4) is 5.75 Å². The Labute approximate surface area is 230 Å². The molecule has 0 unspecified atom stereocenters. The molecule has 2 atom stereocenters. The van der Waals surface area contributed by atoms with Crippen molar-refractivity contribution < 1.29 is 14.3 Å². The van der Waals surface area contributed by atoms with Gasteiger partial charge in [-0.05, 0) is 48.6 Å². The smallest absolute Gasteiger partial charge is 0.243 e. The zero-order valence-corrected chi connectivity index (χ0v) is 22.5. The quantitative estimate of drug-likeness (QED) is 0.159. The van der Waals surface area contributed by atoms with Crippen LogP contribution in [0.2, 0.25) is 0 Å². The third-order valence-corrected chi connectivity index (χ3v) is 6.08. The fourth-order valence-electron chi connectivity index (χ4n) is 4.10. The summed E-state index contributed by atoms with van der Waals surface area (Å²) >= 11 is 0. The van der Waals surface area contributed by atoms with Gasteiger partial charge in [-0.1, -0.05) is 72.8 Å². The van der Waals surface area contributed by atoms with Gasteiger partial charge in [0.05, 0.1) is 19.1 Å². The minimum absolute atomic E-state index is 0. The van der Waals surface area contributed by atoms with Crippen LogP contribution in [0, 0.1) is 0 Å². The van der Waals surface area contributed by atoms with Gasteiger partial charge in [0.25, 0.3) is 0 Å². The van der Waals surface area contributed by atoms with Gasteiger partial charge in [0.1, 0.15) is 11.8 Å². The summed E-state index contributed by atoms with van der Waals surface area (Å²) in [7, 11) is 1.61. The number of carbonyl (C=O) groups is 2. The summed E-state index contributed by atoms with van der Waals surface area (Å²) in [4.78, 5) is 31.0. The van der Waals surface area contributed by atoms with Crippen molar-refractivity contribution in [1.29, 1.82) is 0 Å². The van der Waals surface area contributed by atoms with E-state index in [-0.39, 0.29) is 36.2 Å². The fourth-order valence-corrected chi connectivity index (χ4v) is 4.10. The van der Waals surface area contributed by atoms with Crippen LogP contribution in [0.25, 0.3) is 0 Å². The Bertz CT molecular complexity index is 1130. The third kappa shape index (κ3) is 8.81. The molecule has 8 nitrogen and oxygen atoms in total. The van der Waals surface area contributed by atoms with Crippen molar-refractivity contribution in [3.05, 3.63) is 102 Å². The molecule has 0 heterocycles. The van der Waals surface area contributed by atoms with Gasteiger partial charge in [-0.15, -0.1) is 12.4 Å². The standard InChI is InChI=1S/C29H35N5O3.ClH/c1-20(21-15-17-24(37-2)18-16-21)33-27(35)25(14-9-19-32-29(30)31)34-28(36)26(22-10-5-3-6-11-22)23-12-7-4-8-13-23;/h3-8,10-13,15-18,20,25-26H,9,14,19H2,1-2H3,(H,33,35)(H,34,36)(H4,30,31,32);1H/t20-,25-;/m1./s1. The van der Waals surface area contributed by atoms with E-state index in [0.717, 1.165) is 22.4 Å². The second-order valence-corrected chi connectivity index (χ2v) is 8.77. The number of nitrogens with one attached hydrogen (secondary N) is 2. The van der Waals surface area contributed by atoms with Crippen LogP contribution >= 0.6 is 12.4 Å². The first-order valence-corrected chi connectivity index (χ1v) is 12.3. The molecule has 0 bridgehead atoms. The van der Waals surface area contributed by atoms with Crippen LogP contribution in [0.5, 0.6) is 5.75 Å². The summed E-state index contributed by atoms with van der Waals surface area (Å²) in [6, 6.07) is 25.5. The molecule has 0 saturated heterocycles. The maximum Gasteiger partial charge on any atom is 0.243 e. The van der Waals surface area contributed by atoms with Crippen molar-refractivity contribution in [3.63, 3.8) is 0 Å². The Morgan fingerprint density at radius 2 is 1.37 bits per heavy atom. The van der Waals surface area contributed by atoms with E-state index in [1.807, 2.05) is 91.9 Å². The summed E-state index contributed by atoms with van der Waals surface area (Å²) in [5, 5.41) is 6.02. The lowest BCUT2D eigenvalue weighted by molar-refractivity contribution is -0.129. The summed E-state index contributed by atoms with van der Waals surface area (Å²) in [6.07, 6.45) is 0.897. The van der Waals surface area contributed by atoms with Gasteiger partial charge in [-0.2, -0.15) is 0 Å². The van der Waals surface area contributed by atoms with Crippen molar-refractivity contribution >= 4 is 30.2 Å². The zero-order valence-electron chi connectivity index (χ0n) is 21.7. The molecule has 0 saturated carbocycles. The summed E-state index contributed by atoms with van der Waals surface area (Å²) in [5.41, 5.74) is 13.5. The molecule has 0 aliphatic heterocycles. The topological polar surface area (TPSA) is 132 Å². The van der Waals surface area contributed by atoms with Crippen LogP contribution in [0.3, 0.4) is 0 Å². The first-order valence-electron chi connectivity index (χ1n) is 12.3. The molecule has 202 valence electrons. The monoisotopic (exact) mass is 537 g/mol. The van der Waals surface area contributed by atoms with E-state index in [2.05, 4.69) is 15.6 Å². The highest BCUT2D eigenvalue weighted by Gasteiger charge is 2.28. The minimum atomic E-state index is -0.766. The fraction of sp³-hybridized carbons (Fsp3) is 0.276. The van der Waals surface area contributed by atoms with Gasteiger partial charge in [0, 0.05) is 6.54 Å². The lowest BCUT2D eigenvalue weighted by atomic mass is 9.90. The van der Waals surface area contributed by atoms with Crippen LogP contribution < -0.4 is 26.8 Å². The number of rotatable bonds is 12. The molecule has 3 aromatic rings. The number of hydrogen-bond donors (Lipinski definition) is 4. The lowest BCUT2D eigenvalue weighted by Crippen LogP contribution is -2.48. The number of nitrogens with two attached hydrogens (primary N) is 2. The average Bonchev–Trinajstić information content (AvgIpc) is 2.91. The molecule has 0 radical (unpaired) electrons. The van der Waals surface area contributed by atoms with Crippen molar-refractivity contribution in [2.75, 3.05) is 13.7 Å². The van der Waals surface area contributed by atoms with Gasteiger partial charge < -0.3 is 26.8 Å². The number of methoxy groups -OCH3 is 1. The van der Waals surface area contributed by atoms with E-state index in [1.165, 1.54) is 0 Å². The molecular formula is C29H36ClN5O3. The Kier molecular flexibility index (Phi) is 12.1. The first-order chi connectivity index (χ1) is 17.9. The van der Waals surface area contributed by atoms with E-state index in [9.17, 15) is 9.59 Å². The number of hydrogen-bond acceptors (Lipinski definition) is 4. The Hall–Kier alpha value is -4.04. The highest BCUT2D eigenvalue weighted by Crippen LogP contribution is 2.25. The summed E-state index contributed by atoms with van der Waals surface area (Å²) in [6.45, 7) is 2.26. The van der Waals surface area contributed by atoms with Gasteiger partial charge >= 0.3 is 0 Å².